The Hall–Kier alpha value is -1.13. The van der Waals surface area contributed by atoms with E-state index in [9.17, 15) is 9.18 Å². The molecule has 2 N–H and O–H groups in total. The summed E-state index contributed by atoms with van der Waals surface area (Å²) in [6, 6.07) is 3.81. The summed E-state index contributed by atoms with van der Waals surface area (Å²) >= 11 is 5.38. The molecule has 0 aromatic heterocycles. The average Bonchev–Trinajstić information content (AvgIpc) is 2.08. The van der Waals surface area contributed by atoms with Crippen molar-refractivity contribution in [2.45, 2.75) is 6.10 Å². The molecule has 13 heavy (non-hydrogen) atoms. The van der Waals surface area contributed by atoms with E-state index in [0.29, 0.717) is 0 Å². The minimum absolute atomic E-state index is 0.210. The van der Waals surface area contributed by atoms with Gasteiger partial charge < -0.3 is 10.2 Å². The van der Waals surface area contributed by atoms with E-state index < -0.39 is 17.9 Å². The van der Waals surface area contributed by atoms with Crippen molar-refractivity contribution < 1.29 is 19.4 Å². The number of carboxylic acid groups (broad SMARTS) is 1. The number of rotatable bonds is 2. The number of aliphatic carboxylic acids is 1. The van der Waals surface area contributed by atoms with Crippen LogP contribution in [0.3, 0.4) is 0 Å². The first-order valence-electron chi connectivity index (χ1n) is 3.39. The molecule has 1 aromatic rings. The summed E-state index contributed by atoms with van der Waals surface area (Å²) in [4.78, 5) is 10.3. The van der Waals surface area contributed by atoms with Gasteiger partial charge >= 0.3 is 5.97 Å². The van der Waals surface area contributed by atoms with E-state index in [4.69, 9.17) is 21.8 Å². The van der Waals surface area contributed by atoms with E-state index in [1.807, 2.05) is 0 Å². The summed E-state index contributed by atoms with van der Waals surface area (Å²) in [7, 11) is 0. The van der Waals surface area contributed by atoms with Crippen LogP contribution in [-0.4, -0.2) is 16.2 Å². The number of hydrogen-bond donors (Lipinski definition) is 2. The fourth-order valence-electron chi connectivity index (χ4n) is 0.865. The van der Waals surface area contributed by atoms with Crippen LogP contribution in [0, 0.1) is 5.82 Å². The van der Waals surface area contributed by atoms with Crippen LogP contribution in [0.15, 0.2) is 18.2 Å². The Morgan fingerprint density at radius 3 is 2.69 bits per heavy atom. The maximum Gasteiger partial charge on any atom is 0.337 e. The summed E-state index contributed by atoms with van der Waals surface area (Å²) in [6.07, 6.45) is -1.88. The van der Waals surface area contributed by atoms with E-state index in [0.717, 1.165) is 0 Å². The average molecular weight is 205 g/mol. The number of benzene rings is 1. The lowest BCUT2D eigenvalue weighted by Crippen LogP contribution is -2.12. The molecular formula is C8H6ClFO3. The van der Waals surface area contributed by atoms with Crippen molar-refractivity contribution in [3.05, 3.63) is 34.6 Å². The van der Waals surface area contributed by atoms with Gasteiger partial charge in [-0.25, -0.2) is 9.18 Å². The Morgan fingerprint density at radius 1 is 1.54 bits per heavy atom. The Labute approximate surface area is 78.4 Å². The van der Waals surface area contributed by atoms with Gasteiger partial charge in [-0.2, -0.15) is 0 Å². The van der Waals surface area contributed by atoms with Gasteiger partial charge in [0, 0.05) is 5.56 Å². The third kappa shape index (κ3) is 1.96. The highest BCUT2D eigenvalue weighted by atomic mass is 35.5. The maximum atomic E-state index is 13.1. The second-order valence-corrected chi connectivity index (χ2v) is 2.79. The normalized spacial score (nSPS) is 12.5. The SMILES string of the molecule is O=C(O)[C@H](O)c1cccc(Cl)c1F. The second-order valence-electron chi connectivity index (χ2n) is 2.38. The molecule has 0 saturated heterocycles. The second kappa shape index (κ2) is 3.72. The number of carbonyl (C=O) groups is 1. The predicted molar refractivity (Wildman–Crippen MR) is 44.0 cm³/mol. The van der Waals surface area contributed by atoms with Crippen LogP contribution < -0.4 is 0 Å². The zero-order valence-corrected chi connectivity index (χ0v) is 7.12. The molecule has 0 bridgehead atoms. The number of carboxylic acids is 1. The summed E-state index contributed by atoms with van der Waals surface area (Å²) < 4.78 is 13.1. The van der Waals surface area contributed by atoms with Crippen LogP contribution in [0.25, 0.3) is 0 Å². The fraction of sp³-hybridized carbons (Fsp3) is 0.125. The third-order valence-electron chi connectivity index (χ3n) is 1.51. The molecule has 1 aromatic carbocycles. The van der Waals surface area contributed by atoms with Crippen LogP contribution in [-0.2, 0) is 4.79 Å². The Kier molecular flexibility index (Phi) is 2.85. The van der Waals surface area contributed by atoms with Crippen LogP contribution >= 0.6 is 11.6 Å². The van der Waals surface area contributed by atoms with E-state index in [2.05, 4.69) is 0 Å². The Morgan fingerprint density at radius 2 is 2.15 bits per heavy atom. The lowest BCUT2D eigenvalue weighted by molar-refractivity contribution is -0.147. The molecule has 0 amide bonds. The summed E-state index contributed by atoms with van der Waals surface area (Å²) in [5.74, 6) is -2.42. The standard InChI is InChI=1S/C8H6ClFO3/c9-5-3-1-2-4(6(5)10)7(11)8(12)13/h1-3,7,11H,(H,12,13)/t7-/m1/s1. The van der Waals surface area contributed by atoms with Crippen molar-refractivity contribution in [1.29, 1.82) is 0 Å². The highest BCUT2D eigenvalue weighted by molar-refractivity contribution is 6.30. The highest BCUT2D eigenvalue weighted by Gasteiger charge is 2.20. The van der Waals surface area contributed by atoms with Gasteiger partial charge in [-0.1, -0.05) is 23.7 Å². The van der Waals surface area contributed by atoms with Gasteiger partial charge in [-0.3, -0.25) is 0 Å². The van der Waals surface area contributed by atoms with Crippen molar-refractivity contribution in [2.24, 2.45) is 0 Å². The molecule has 1 atom stereocenters. The highest BCUT2D eigenvalue weighted by Crippen LogP contribution is 2.23. The van der Waals surface area contributed by atoms with Crippen molar-refractivity contribution >= 4 is 17.6 Å². The quantitative estimate of drug-likeness (QED) is 0.769. The van der Waals surface area contributed by atoms with E-state index in [-0.39, 0.29) is 10.6 Å². The molecule has 3 nitrogen and oxygen atoms in total. The molecule has 0 spiro atoms. The fourth-order valence-corrected chi connectivity index (χ4v) is 1.05. The van der Waals surface area contributed by atoms with Gasteiger partial charge in [0.05, 0.1) is 5.02 Å². The monoisotopic (exact) mass is 204 g/mol. The molecule has 0 aliphatic rings. The molecule has 0 fully saturated rings. The van der Waals surface area contributed by atoms with Crippen LogP contribution in [0.1, 0.15) is 11.7 Å². The molecule has 1 rings (SSSR count). The minimum Gasteiger partial charge on any atom is -0.479 e. The van der Waals surface area contributed by atoms with Gasteiger partial charge in [0.15, 0.2) is 6.10 Å². The van der Waals surface area contributed by atoms with Gasteiger partial charge in [0.2, 0.25) is 0 Å². The number of halogens is 2. The molecule has 5 heteroatoms. The molecule has 0 aliphatic carbocycles. The first-order chi connectivity index (χ1) is 6.04. The van der Waals surface area contributed by atoms with Crippen molar-refractivity contribution in [2.75, 3.05) is 0 Å². The molecule has 70 valence electrons. The van der Waals surface area contributed by atoms with Crippen LogP contribution in [0.5, 0.6) is 0 Å². The first kappa shape index (κ1) is 9.95. The summed E-state index contributed by atoms with van der Waals surface area (Å²) in [5, 5.41) is 17.2. The third-order valence-corrected chi connectivity index (χ3v) is 1.80. The number of aliphatic hydroxyl groups is 1. The van der Waals surface area contributed by atoms with E-state index in [1.54, 1.807) is 0 Å². The van der Waals surface area contributed by atoms with Gasteiger partial charge in [0.25, 0.3) is 0 Å². The van der Waals surface area contributed by atoms with Crippen molar-refractivity contribution in [3.63, 3.8) is 0 Å². The van der Waals surface area contributed by atoms with Crippen molar-refractivity contribution in [1.82, 2.24) is 0 Å². The zero-order valence-electron chi connectivity index (χ0n) is 6.37. The van der Waals surface area contributed by atoms with Gasteiger partial charge in [-0.15, -0.1) is 0 Å². The summed E-state index contributed by atoms with van der Waals surface area (Å²) in [5.41, 5.74) is -0.333. The summed E-state index contributed by atoms with van der Waals surface area (Å²) in [6.45, 7) is 0. The zero-order chi connectivity index (χ0) is 10.0. The molecule has 0 saturated carbocycles. The lowest BCUT2D eigenvalue weighted by atomic mass is 10.1. The molecule has 0 radical (unpaired) electrons. The van der Waals surface area contributed by atoms with Crippen LogP contribution in [0.4, 0.5) is 4.39 Å². The Balaban J connectivity index is 3.15. The van der Waals surface area contributed by atoms with E-state index in [1.165, 1.54) is 18.2 Å². The van der Waals surface area contributed by atoms with Gasteiger partial charge in [-0.05, 0) is 6.07 Å². The Bertz CT molecular complexity index is 340. The first-order valence-corrected chi connectivity index (χ1v) is 3.76. The molecular weight excluding hydrogens is 199 g/mol. The van der Waals surface area contributed by atoms with Crippen LogP contribution in [0.2, 0.25) is 5.02 Å². The molecule has 0 heterocycles. The molecule has 0 unspecified atom stereocenters. The smallest absolute Gasteiger partial charge is 0.337 e. The topological polar surface area (TPSA) is 57.5 Å². The number of hydrogen-bond acceptors (Lipinski definition) is 2. The lowest BCUT2D eigenvalue weighted by Gasteiger charge is -2.07. The van der Waals surface area contributed by atoms with Crippen molar-refractivity contribution in [3.8, 4) is 0 Å². The minimum atomic E-state index is -1.88. The maximum absolute atomic E-state index is 13.1. The van der Waals surface area contributed by atoms with Gasteiger partial charge in [0.1, 0.15) is 5.82 Å². The predicted octanol–water partition coefficient (Wildman–Crippen LogP) is 1.60. The number of aliphatic hydroxyl groups excluding tert-OH is 1. The largest absolute Gasteiger partial charge is 0.479 e. The molecule has 0 aliphatic heterocycles. The van der Waals surface area contributed by atoms with E-state index >= 15 is 0 Å².